The van der Waals surface area contributed by atoms with Crippen molar-refractivity contribution in [1.82, 2.24) is 24.7 Å². The summed E-state index contributed by atoms with van der Waals surface area (Å²) < 4.78 is 14.9. The SMILES string of the molecule is Cc1nc(Nc2ccc(NC(=O)c3cncc(F)c3)cc2)cc(-n2cccn2)n1. The molecule has 0 aliphatic heterocycles. The molecule has 0 atom stereocenters. The van der Waals surface area contributed by atoms with Gasteiger partial charge in [0.25, 0.3) is 5.91 Å². The minimum Gasteiger partial charge on any atom is -0.340 e. The molecule has 0 radical (unpaired) electrons. The average molecular weight is 389 g/mol. The molecule has 0 saturated heterocycles. The lowest BCUT2D eigenvalue weighted by atomic mass is 10.2. The molecule has 29 heavy (non-hydrogen) atoms. The van der Waals surface area contributed by atoms with E-state index in [-0.39, 0.29) is 5.56 Å². The van der Waals surface area contributed by atoms with E-state index in [1.165, 1.54) is 6.20 Å². The maximum absolute atomic E-state index is 13.2. The first-order valence-electron chi connectivity index (χ1n) is 8.71. The summed E-state index contributed by atoms with van der Waals surface area (Å²) in [5, 5.41) is 10.1. The van der Waals surface area contributed by atoms with E-state index in [1.807, 2.05) is 6.07 Å². The predicted octanol–water partition coefficient (Wildman–Crippen LogP) is 3.50. The van der Waals surface area contributed by atoms with Crippen LogP contribution in [0.3, 0.4) is 0 Å². The van der Waals surface area contributed by atoms with Crippen molar-refractivity contribution in [2.24, 2.45) is 0 Å². The van der Waals surface area contributed by atoms with E-state index in [0.717, 1.165) is 18.0 Å². The topological polar surface area (TPSA) is 97.6 Å². The van der Waals surface area contributed by atoms with Gasteiger partial charge in [0.2, 0.25) is 0 Å². The van der Waals surface area contributed by atoms with E-state index in [0.29, 0.717) is 23.1 Å². The second-order valence-corrected chi connectivity index (χ2v) is 6.16. The summed E-state index contributed by atoms with van der Waals surface area (Å²) >= 11 is 0. The van der Waals surface area contributed by atoms with E-state index in [2.05, 4.69) is 30.7 Å². The van der Waals surface area contributed by atoms with E-state index in [4.69, 9.17) is 0 Å². The van der Waals surface area contributed by atoms with Crippen LogP contribution in [0.15, 0.2) is 67.3 Å². The normalized spacial score (nSPS) is 10.6. The number of nitrogens with zero attached hydrogens (tertiary/aromatic N) is 5. The zero-order valence-electron chi connectivity index (χ0n) is 15.4. The lowest BCUT2D eigenvalue weighted by Gasteiger charge is -2.10. The molecule has 2 N–H and O–H groups in total. The summed E-state index contributed by atoms with van der Waals surface area (Å²) in [6.45, 7) is 1.80. The summed E-state index contributed by atoms with van der Waals surface area (Å²) in [5.41, 5.74) is 1.50. The quantitative estimate of drug-likeness (QED) is 0.542. The molecule has 3 aromatic heterocycles. The summed E-state index contributed by atoms with van der Waals surface area (Å²) in [4.78, 5) is 24.6. The summed E-state index contributed by atoms with van der Waals surface area (Å²) in [5.74, 6) is 0.871. The number of benzene rings is 1. The van der Waals surface area contributed by atoms with Crippen LogP contribution in [0, 0.1) is 12.7 Å². The molecule has 1 aromatic carbocycles. The van der Waals surface area contributed by atoms with Gasteiger partial charge in [-0.05, 0) is 43.3 Å². The maximum atomic E-state index is 13.2. The van der Waals surface area contributed by atoms with Gasteiger partial charge in [-0.2, -0.15) is 5.10 Å². The van der Waals surface area contributed by atoms with Crippen molar-refractivity contribution in [2.45, 2.75) is 6.92 Å². The number of amides is 1. The molecule has 0 aliphatic rings. The molecular weight excluding hydrogens is 373 g/mol. The van der Waals surface area contributed by atoms with Crippen LogP contribution in [0.1, 0.15) is 16.2 Å². The minimum absolute atomic E-state index is 0.148. The highest BCUT2D eigenvalue weighted by molar-refractivity contribution is 6.04. The van der Waals surface area contributed by atoms with Gasteiger partial charge in [0.15, 0.2) is 5.82 Å². The molecule has 4 rings (SSSR count). The molecule has 144 valence electrons. The molecule has 3 heterocycles. The molecule has 1 amide bonds. The Labute approximate surface area is 165 Å². The first kappa shape index (κ1) is 18.2. The number of hydrogen-bond acceptors (Lipinski definition) is 6. The van der Waals surface area contributed by atoms with Crippen LogP contribution < -0.4 is 10.6 Å². The van der Waals surface area contributed by atoms with Crippen molar-refractivity contribution < 1.29 is 9.18 Å². The number of nitrogens with one attached hydrogen (secondary N) is 2. The molecule has 0 aliphatic carbocycles. The third-order valence-electron chi connectivity index (χ3n) is 3.95. The Morgan fingerprint density at radius 1 is 1.07 bits per heavy atom. The molecule has 0 bridgehead atoms. The zero-order chi connectivity index (χ0) is 20.2. The number of carbonyl (C=O) groups is 1. The Kier molecular flexibility index (Phi) is 4.93. The van der Waals surface area contributed by atoms with Gasteiger partial charge in [-0.15, -0.1) is 0 Å². The number of halogens is 1. The van der Waals surface area contributed by atoms with Gasteiger partial charge in [-0.3, -0.25) is 9.78 Å². The second kappa shape index (κ2) is 7.85. The average Bonchev–Trinajstić information content (AvgIpc) is 3.24. The first-order chi connectivity index (χ1) is 14.1. The Hall–Kier alpha value is -4.14. The first-order valence-corrected chi connectivity index (χ1v) is 8.71. The van der Waals surface area contributed by atoms with Crippen molar-refractivity contribution >= 4 is 23.1 Å². The third-order valence-corrected chi connectivity index (χ3v) is 3.95. The summed E-state index contributed by atoms with van der Waals surface area (Å²) in [6.07, 6.45) is 5.83. The van der Waals surface area contributed by atoms with E-state index >= 15 is 0 Å². The largest absolute Gasteiger partial charge is 0.340 e. The Balaban J connectivity index is 1.47. The van der Waals surface area contributed by atoms with Crippen molar-refractivity contribution in [1.29, 1.82) is 0 Å². The number of pyridine rings is 1. The van der Waals surface area contributed by atoms with E-state index in [1.54, 1.807) is 54.3 Å². The smallest absolute Gasteiger partial charge is 0.257 e. The fourth-order valence-electron chi connectivity index (χ4n) is 2.66. The fraction of sp³-hybridized carbons (Fsp3) is 0.0500. The van der Waals surface area contributed by atoms with Crippen LogP contribution in [-0.2, 0) is 0 Å². The highest BCUT2D eigenvalue weighted by Crippen LogP contribution is 2.19. The number of aryl methyl sites for hydroxylation is 1. The van der Waals surface area contributed by atoms with Gasteiger partial charge in [-0.1, -0.05) is 0 Å². The molecule has 0 fully saturated rings. The van der Waals surface area contributed by atoms with Crippen LogP contribution in [0.25, 0.3) is 5.82 Å². The standard InChI is InChI=1S/C20H16FN7O/c1-13-24-18(10-19(25-13)28-8-2-7-23-28)26-16-3-5-17(6-4-16)27-20(29)14-9-15(21)12-22-11-14/h2-12H,1H3,(H,27,29)(H,24,25,26). The van der Waals surface area contributed by atoms with E-state index in [9.17, 15) is 9.18 Å². The molecular formula is C20H16FN7O. The molecule has 0 unspecified atom stereocenters. The fourth-order valence-corrected chi connectivity index (χ4v) is 2.66. The monoisotopic (exact) mass is 389 g/mol. The van der Waals surface area contributed by atoms with Crippen LogP contribution >= 0.6 is 0 Å². The van der Waals surface area contributed by atoms with Crippen LogP contribution in [0.2, 0.25) is 0 Å². The number of anilines is 3. The minimum atomic E-state index is -0.563. The van der Waals surface area contributed by atoms with Crippen LogP contribution in [0.5, 0.6) is 0 Å². The number of aromatic nitrogens is 5. The van der Waals surface area contributed by atoms with Gasteiger partial charge < -0.3 is 10.6 Å². The van der Waals surface area contributed by atoms with Crippen molar-refractivity contribution in [3.8, 4) is 5.82 Å². The Morgan fingerprint density at radius 2 is 1.86 bits per heavy atom. The number of hydrogen-bond donors (Lipinski definition) is 2. The third kappa shape index (κ3) is 4.41. The predicted molar refractivity (Wildman–Crippen MR) is 106 cm³/mol. The van der Waals surface area contributed by atoms with Gasteiger partial charge in [-0.25, -0.2) is 19.0 Å². The summed E-state index contributed by atoms with van der Waals surface area (Å²) in [6, 6.07) is 11.8. The molecule has 8 nitrogen and oxygen atoms in total. The van der Waals surface area contributed by atoms with Crippen LogP contribution in [0.4, 0.5) is 21.6 Å². The van der Waals surface area contributed by atoms with Gasteiger partial charge in [0.1, 0.15) is 17.5 Å². The Morgan fingerprint density at radius 3 is 2.59 bits per heavy atom. The Bertz CT molecular complexity index is 1140. The molecule has 4 aromatic rings. The van der Waals surface area contributed by atoms with Gasteiger partial charge in [0.05, 0.1) is 11.8 Å². The summed E-state index contributed by atoms with van der Waals surface area (Å²) in [7, 11) is 0. The second-order valence-electron chi connectivity index (χ2n) is 6.16. The van der Waals surface area contributed by atoms with Crippen molar-refractivity contribution in [2.75, 3.05) is 10.6 Å². The highest BCUT2D eigenvalue weighted by Gasteiger charge is 2.08. The lowest BCUT2D eigenvalue weighted by Crippen LogP contribution is -2.12. The molecule has 0 saturated carbocycles. The van der Waals surface area contributed by atoms with Crippen LogP contribution in [-0.4, -0.2) is 30.6 Å². The van der Waals surface area contributed by atoms with Crippen molar-refractivity contribution in [3.63, 3.8) is 0 Å². The van der Waals surface area contributed by atoms with Gasteiger partial charge >= 0.3 is 0 Å². The van der Waals surface area contributed by atoms with Gasteiger partial charge in [0, 0.05) is 36.0 Å². The zero-order valence-corrected chi connectivity index (χ0v) is 15.4. The lowest BCUT2D eigenvalue weighted by molar-refractivity contribution is 0.102. The molecule has 9 heteroatoms. The highest BCUT2D eigenvalue weighted by atomic mass is 19.1. The number of carbonyl (C=O) groups excluding carboxylic acids is 1. The van der Waals surface area contributed by atoms with E-state index < -0.39 is 11.7 Å². The number of rotatable bonds is 5. The van der Waals surface area contributed by atoms with Crippen molar-refractivity contribution in [3.05, 3.63) is 84.5 Å². The maximum Gasteiger partial charge on any atom is 0.257 e. The molecule has 0 spiro atoms.